The van der Waals surface area contributed by atoms with Gasteiger partial charge in [-0.15, -0.1) is 0 Å². The first-order valence-electron chi connectivity index (χ1n) is 5.94. The maximum absolute atomic E-state index is 12.0. The third-order valence-corrected chi connectivity index (χ3v) is 3.59. The van der Waals surface area contributed by atoms with Crippen LogP contribution in [0.25, 0.3) is 10.9 Å². The molecule has 1 aliphatic carbocycles. The van der Waals surface area contributed by atoms with Crippen LogP contribution in [-0.4, -0.2) is 10.8 Å². The van der Waals surface area contributed by atoms with Gasteiger partial charge in [0.1, 0.15) is 0 Å². The van der Waals surface area contributed by atoms with E-state index in [9.17, 15) is 9.59 Å². The zero-order valence-corrected chi connectivity index (χ0v) is 10.7. The number of hydrogen-bond acceptors (Lipinski definition) is 2. The van der Waals surface area contributed by atoms with E-state index in [4.69, 9.17) is 11.6 Å². The summed E-state index contributed by atoms with van der Waals surface area (Å²) < 4.78 is 0. The molecule has 1 fully saturated rings. The van der Waals surface area contributed by atoms with Crippen molar-refractivity contribution in [3.8, 4) is 0 Å². The highest BCUT2D eigenvalue weighted by atomic mass is 35.5. The molecule has 0 unspecified atom stereocenters. The number of pyridine rings is 1. The van der Waals surface area contributed by atoms with Crippen molar-refractivity contribution >= 4 is 28.3 Å². The Kier molecular flexibility index (Phi) is 2.52. The van der Waals surface area contributed by atoms with Crippen LogP contribution in [-0.2, 0) is 0 Å². The molecule has 92 valence electrons. The van der Waals surface area contributed by atoms with E-state index in [0.717, 1.165) is 29.3 Å². The Labute approximate surface area is 109 Å². The van der Waals surface area contributed by atoms with Gasteiger partial charge in [0, 0.05) is 15.9 Å². The number of hydrogen-bond donors (Lipinski definition) is 1. The van der Waals surface area contributed by atoms with E-state index in [0.29, 0.717) is 16.5 Å². The minimum Gasteiger partial charge on any atom is -0.321 e. The monoisotopic (exact) mass is 261 g/mol. The summed E-state index contributed by atoms with van der Waals surface area (Å²) in [5.41, 5.74) is 1.63. The number of nitrogens with one attached hydrogen (secondary N) is 1. The molecule has 0 amide bonds. The summed E-state index contributed by atoms with van der Waals surface area (Å²) in [6.45, 7) is 1.44. The van der Waals surface area contributed by atoms with Crippen molar-refractivity contribution < 1.29 is 4.79 Å². The third kappa shape index (κ3) is 1.75. The number of fused-ring (bicyclic) bond motifs is 1. The fourth-order valence-electron chi connectivity index (χ4n) is 2.44. The lowest BCUT2D eigenvalue weighted by Gasteiger charge is -2.10. The first-order valence-corrected chi connectivity index (χ1v) is 6.32. The lowest BCUT2D eigenvalue weighted by atomic mass is 9.97. The summed E-state index contributed by atoms with van der Waals surface area (Å²) in [7, 11) is 0. The van der Waals surface area contributed by atoms with Crippen molar-refractivity contribution in [1.82, 2.24) is 4.98 Å². The van der Waals surface area contributed by atoms with E-state index in [1.807, 2.05) is 6.07 Å². The summed E-state index contributed by atoms with van der Waals surface area (Å²) in [5, 5.41) is 1.51. The molecule has 18 heavy (non-hydrogen) atoms. The van der Waals surface area contributed by atoms with Crippen LogP contribution in [0.15, 0.2) is 23.0 Å². The lowest BCUT2D eigenvalue weighted by Crippen LogP contribution is -2.19. The SMILES string of the molecule is CC(=O)c1c(C2CC2)c2cc(Cl)ccc2[nH]c1=O. The van der Waals surface area contributed by atoms with Crippen molar-refractivity contribution in [3.05, 3.63) is 44.7 Å². The Balaban J connectivity index is 2.46. The number of benzene rings is 1. The van der Waals surface area contributed by atoms with E-state index < -0.39 is 0 Å². The average molecular weight is 262 g/mol. The van der Waals surface area contributed by atoms with Gasteiger partial charge >= 0.3 is 0 Å². The summed E-state index contributed by atoms with van der Waals surface area (Å²) in [6.07, 6.45) is 2.07. The van der Waals surface area contributed by atoms with Crippen LogP contribution < -0.4 is 5.56 Å². The Bertz CT molecular complexity index is 714. The van der Waals surface area contributed by atoms with Crippen molar-refractivity contribution in [3.63, 3.8) is 0 Å². The van der Waals surface area contributed by atoms with E-state index in [1.165, 1.54) is 6.92 Å². The largest absolute Gasteiger partial charge is 0.321 e. The highest BCUT2D eigenvalue weighted by Crippen LogP contribution is 2.44. The highest BCUT2D eigenvalue weighted by Gasteiger charge is 2.31. The van der Waals surface area contributed by atoms with E-state index in [1.54, 1.807) is 12.1 Å². The van der Waals surface area contributed by atoms with Crippen molar-refractivity contribution in [1.29, 1.82) is 0 Å². The summed E-state index contributed by atoms with van der Waals surface area (Å²) in [4.78, 5) is 26.5. The normalized spacial score (nSPS) is 15.0. The van der Waals surface area contributed by atoms with Gasteiger partial charge in [0.05, 0.1) is 5.56 Å². The van der Waals surface area contributed by atoms with Crippen LogP contribution in [0.4, 0.5) is 0 Å². The maximum Gasteiger partial charge on any atom is 0.259 e. The number of carbonyl (C=O) groups is 1. The second-order valence-corrected chi connectivity index (χ2v) is 5.20. The topological polar surface area (TPSA) is 49.9 Å². The molecule has 0 saturated heterocycles. The summed E-state index contributed by atoms with van der Waals surface area (Å²) >= 11 is 6.01. The average Bonchev–Trinajstić information content (AvgIpc) is 3.11. The van der Waals surface area contributed by atoms with Gasteiger partial charge < -0.3 is 4.98 Å². The number of halogens is 1. The smallest absolute Gasteiger partial charge is 0.259 e. The number of Topliss-reactive ketones (excluding diaryl/α,β-unsaturated/α-hetero) is 1. The van der Waals surface area contributed by atoms with Crippen molar-refractivity contribution in [2.75, 3.05) is 0 Å². The van der Waals surface area contributed by atoms with Crippen molar-refractivity contribution in [2.24, 2.45) is 0 Å². The Hall–Kier alpha value is -1.61. The molecular formula is C14H12ClNO2. The van der Waals surface area contributed by atoms with Gasteiger partial charge in [0.2, 0.25) is 0 Å². The van der Waals surface area contributed by atoms with Crippen LogP contribution >= 0.6 is 11.6 Å². The van der Waals surface area contributed by atoms with Gasteiger partial charge in [-0.3, -0.25) is 9.59 Å². The summed E-state index contributed by atoms with van der Waals surface area (Å²) in [6, 6.07) is 5.35. The Morgan fingerprint density at radius 3 is 2.72 bits per heavy atom. The number of rotatable bonds is 2. The van der Waals surface area contributed by atoms with E-state index >= 15 is 0 Å². The number of aromatic nitrogens is 1. The van der Waals surface area contributed by atoms with Crippen LogP contribution in [0, 0.1) is 0 Å². The molecule has 0 radical (unpaired) electrons. The molecule has 3 nitrogen and oxygen atoms in total. The summed E-state index contributed by atoms with van der Waals surface area (Å²) in [5.74, 6) is 0.146. The van der Waals surface area contributed by atoms with E-state index in [2.05, 4.69) is 4.98 Å². The molecule has 1 saturated carbocycles. The molecule has 0 bridgehead atoms. The fraction of sp³-hybridized carbons (Fsp3) is 0.286. The molecule has 1 heterocycles. The van der Waals surface area contributed by atoms with Crippen LogP contribution in [0.3, 0.4) is 0 Å². The lowest BCUT2D eigenvalue weighted by molar-refractivity contribution is 0.101. The second-order valence-electron chi connectivity index (χ2n) is 4.76. The fourth-order valence-corrected chi connectivity index (χ4v) is 2.61. The standard InChI is InChI=1S/C14H12ClNO2/c1-7(17)12-13(8-2-3-8)10-6-9(15)4-5-11(10)16-14(12)18/h4-6,8H,2-3H2,1H3,(H,16,18). The predicted molar refractivity (Wildman–Crippen MR) is 71.6 cm³/mol. The van der Waals surface area contributed by atoms with Gasteiger partial charge in [-0.25, -0.2) is 0 Å². The van der Waals surface area contributed by atoms with Gasteiger partial charge in [0.15, 0.2) is 5.78 Å². The number of H-pyrrole nitrogens is 1. The molecule has 0 aliphatic heterocycles. The molecule has 1 aromatic carbocycles. The van der Waals surface area contributed by atoms with Crippen LogP contribution in [0.2, 0.25) is 5.02 Å². The number of ketones is 1. The molecule has 2 aromatic rings. The zero-order chi connectivity index (χ0) is 12.9. The zero-order valence-electron chi connectivity index (χ0n) is 9.92. The molecule has 3 rings (SSSR count). The Morgan fingerprint density at radius 1 is 1.39 bits per heavy atom. The van der Waals surface area contributed by atoms with Gasteiger partial charge in [-0.05, 0) is 49.4 Å². The maximum atomic E-state index is 12.0. The van der Waals surface area contributed by atoms with Gasteiger partial charge in [-0.2, -0.15) is 0 Å². The number of aromatic amines is 1. The van der Waals surface area contributed by atoms with Crippen molar-refractivity contribution in [2.45, 2.75) is 25.7 Å². The van der Waals surface area contributed by atoms with Crippen LogP contribution in [0.1, 0.15) is 41.6 Å². The quantitative estimate of drug-likeness (QED) is 0.844. The Morgan fingerprint density at radius 2 is 2.11 bits per heavy atom. The molecule has 0 atom stereocenters. The first kappa shape index (κ1) is 11.5. The molecule has 1 aliphatic rings. The van der Waals surface area contributed by atoms with Gasteiger partial charge in [0.25, 0.3) is 5.56 Å². The molecule has 1 aromatic heterocycles. The third-order valence-electron chi connectivity index (χ3n) is 3.35. The molecule has 1 N–H and O–H groups in total. The van der Waals surface area contributed by atoms with Gasteiger partial charge in [-0.1, -0.05) is 11.6 Å². The minimum absolute atomic E-state index is 0.181. The van der Waals surface area contributed by atoms with E-state index in [-0.39, 0.29) is 11.3 Å². The first-order chi connectivity index (χ1) is 8.58. The highest BCUT2D eigenvalue weighted by molar-refractivity contribution is 6.31. The molecule has 4 heteroatoms. The minimum atomic E-state index is -0.292. The molecule has 0 spiro atoms. The second kappa shape index (κ2) is 3.95. The number of carbonyl (C=O) groups excluding carboxylic acids is 1. The van der Waals surface area contributed by atoms with Crippen LogP contribution in [0.5, 0.6) is 0 Å². The molecular weight excluding hydrogens is 250 g/mol. The predicted octanol–water partition coefficient (Wildman–Crippen LogP) is 3.26.